The van der Waals surface area contributed by atoms with Gasteiger partial charge in [-0.05, 0) is 64.5 Å². The molecule has 18 heterocycles. The zero-order valence-corrected chi connectivity index (χ0v) is 33.4. The highest BCUT2D eigenvalue weighted by molar-refractivity contribution is 8.30. The topological polar surface area (TPSA) is 17.6 Å². The van der Waals surface area contributed by atoms with E-state index in [9.17, 15) is 0 Å². The van der Waals surface area contributed by atoms with Crippen LogP contribution in [0.5, 0.6) is 0 Å². The number of thioether (sulfide) groups is 4. The maximum Gasteiger partial charge on any atom is 0.169 e. The molecule has 0 radical (unpaired) electrons. The highest BCUT2D eigenvalue weighted by Gasteiger charge is 2.34. The third kappa shape index (κ3) is 6.86. The SMILES string of the molecule is Cc1c2c3c(C)n1CCCCC[n+]1ccc(cc1)-c1cc[n+](cc1)CCCCCn1c(C)c4c(c1C)SC(=C(S2)S3)S4.[I-].[I-]. The normalized spacial score (nSPS) is 16.7. The average Bonchev–Trinajstić information content (AvgIpc) is 3.74. The Balaban J connectivity index is 0.00000192. The van der Waals surface area contributed by atoms with Gasteiger partial charge in [0.25, 0.3) is 0 Å². The van der Waals surface area contributed by atoms with Crippen molar-refractivity contribution in [2.75, 3.05) is 0 Å². The van der Waals surface area contributed by atoms with Crippen LogP contribution < -0.4 is 57.1 Å². The lowest BCUT2D eigenvalue weighted by Gasteiger charge is -2.12. The molecule has 14 aliphatic heterocycles. The summed E-state index contributed by atoms with van der Waals surface area (Å²) in [7, 11) is 0. The molecule has 0 atom stereocenters. The third-order valence-electron chi connectivity index (χ3n) is 9.00. The minimum Gasteiger partial charge on any atom is -1.00 e. The summed E-state index contributed by atoms with van der Waals surface area (Å²) < 4.78 is 12.8. The Morgan fingerprint density at radius 2 is 0.795 bits per heavy atom. The number of aryl methyl sites for hydroxylation is 2. The zero-order valence-electron chi connectivity index (χ0n) is 25.9. The lowest BCUT2D eigenvalue weighted by Crippen LogP contribution is -3.00. The molecule has 0 fully saturated rings. The van der Waals surface area contributed by atoms with Crippen molar-refractivity contribution in [1.82, 2.24) is 9.13 Å². The van der Waals surface area contributed by atoms with E-state index in [1.54, 1.807) is 0 Å². The van der Waals surface area contributed by atoms with E-state index in [2.05, 4.69) is 95.0 Å². The van der Waals surface area contributed by atoms with Crippen LogP contribution in [-0.2, 0) is 26.2 Å². The number of pyridine rings is 2. The minimum absolute atomic E-state index is 0. The van der Waals surface area contributed by atoms with Crippen LogP contribution in [0.2, 0.25) is 0 Å². The van der Waals surface area contributed by atoms with Gasteiger partial charge in [0.2, 0.25) is 0 Å². The maximum absolute atomic E-state index is 2.58. The number of nitrogens with zero attached hydrogens (tertiary/aromatic N) is 4. The number of hydrogen-bond donors (Lipinski definition) is 0. The van der Waals surface area contributed by atoms with Crippen LogP contribution in [0.1, 0.15) is 61.3 Å². The summed E-state index contributed by atoms with van der Waals surface area (Å²) in [6.07, 6.45) is 16.4. The molecule has 12 bridgehead atoms. The van der Waals surface area contributed by atoms with E-state index in [-0.39, 0.29) is 48.0 Å². The van der Waals surface area contributed by atoms with Gasteiger partial charge in [-0.15, -0.1) is 0 Å². The molecule has 18 rings (SSSR count). The van der Waals surface area contributed by atoms with Gasteiger partial charge in [-0.1, -0.05) is 47.0 Å². The fraction of sp³-hybridized carbons (Fsp3) is 0.412. The fourth-order valence-electron chi connectivity index (χ4n) is 6.46. The first-order valence-electron chi connectivity index (χ1n) is 15.3. The van der Waals surface area contributed by atoms with Crippen molar-refractivity contribution >= 4 is 47.0 Å². The first kappa shape index (κ1) is 34.8. The summed E-state index contributed by atoms with van der Waals surface area (Å²) in [6, 6.07) is 9.06. The highest BCUT2D eigenvalue weighted by Crippen LogP contribution is 2.64. The van der Waals surface area contributed by atoms with Gasteiger partial charge in [0.15, 0.2) is 24.8 Å². The molecule has 234 valence electrons. The van der Waals surface area contributed by atoms with Crippen LogP contribution >= 0.6 is 47.0 Å². The van der Waals surface area contributed by atoms with Crippen LogP contribution in [-0.4, -0.2) is 9.13 Å². The van der Waals surface area contributed by atoms with E-state index >= 15 is 0 Å². The first-order chi connectivity index (χ1) is 20.5. The summed E-state index contributed by atoms with van der Waals surface area (Å²) in [6.45, 7) is 13.7. The second-order valence-electron chi connectivity index (χ2n) is 11.7. The van der Waals surface area contributed by atoms with E-state index in [0.717, 1.165) is 26.2 Å². The molecule has 0 amide bonds. The molecule has 4 aromatic rings. The molecule has 14 aliphatic rings. The summed E-state index contributed by atoms with van der Waals surface area (Å²) >= 11 is 8.06. The Labute approximate surface area is 313 Å². The van der Waals surface area contributed by atoms with E-state index in [0.29, 0.717) is 0 Å². The number of halogens is 2. The van der Waals surface area contributed by atoms with Gasteiger partial charge in [0, 0.05) is 92.6 Å². The Morgan fingerprint density at radius 1 is 0.477 bits per heavy atom. The van der Waals surface area contributed by atoms with Crippen LogP contribution in [0.4, 0.5) is 0 Å². The molecular weight excluding hydrogens is 846 g/mol. The highest BCUT2D eigenvalue weighted by atomic mass is 127. The lowest BCUT2D eigenvalue weighted by atomic mass is 10.1. The van der Waals surface area contributed by atoms with Crippen molar-refractivity contribution in [2.24, 2.45) is 0 Å². The third-order valence-corrected chi connectivity index (χ3v) is 15.2. The summed E-state index contributed by atoms with van der Waals surface area (Å²) in [5.74, 6) is 0. The fourth-order valence-corrected chi connectivity index (χ4v) is 12.4. The molecule has 0 aliphatic carbocycles. The molecular formula is C34H40I2N4S4. The van der Waals surface area contributed by atoms with Crippen LogP contribution in [0.3, 0.4) is 0 Å². The van der Waals surface area contributed by atoms with Gasteiger partial charge in [0.05, 0.1) is 8.47 Å². The number of rotatable bonds is 0. The van der Waals surface area contributed by atoms with Crippen molar-refractivity contribution in [1.29, 1.82) is 0 Å². The molecule has 4 nitrogen and oxygen atoms in total. The Kier molecular flexibility index (Phi) is 12.0. The lowest BCUT2D eigenvalue weighted by molar-refractivity contribution is -0.697. The van der Waals surface area contributed by atoms with E-state index in [1.165, 1.54) is 100 Å². The van der Waals surface area contributed by atoms with Crippen molar-refractivity contribution in [3.05, 3.63) is 80.3 Å². The predicted molar refractivity (Wildman–Crippen MR) is 178 cm³/mol. The molecule has 4 aromatic heterocycles. The molecule has 0 N–H and O–H groups in total. The van der Waals surface area contributed by atoms with Crippen molar-refractivity contribution < 1.29 is 57.1 Å². The Bertz CT molecular complexity index is 1490. The Morgan fingerprint density at radius 3 is 1.11 bits per heavy atom. The summed E-state index contributed by atoms with van der Waals surface area (Å²) in [4.78, 5) is 5.97. The number of aromatic nitrogens is 4. The summed E-state index contributed by atoms with van der Waals surface area (Å²) in [5.41, 5.74) is 8.38. The van der Waals surface area contributed by atoms with Gasteiger partial charge in [-0.2, -0.15) is 0 Å². The van der Waals surface area contributed by atoms with E-state index in [4.69, 9.17) is 0 Å². The molecule has 0 aromatic carbocycles. The molecule has 0 saturated carbocycles. The minimum atomic E-state index is 0. The number of hydrogen-bond acceptors (Lipinski definition) is 4. The van der Waals surface area contributed by atoms with Crippen molar-refractivity contribution in [2.45, 2.75) is 112 Å². The monoisotopic (exact) mass is 886 g/mol. The molecule has 10 heteroatoms. The van der Waals surface area contributed by atoms with Gasteiger partial charge >= 0.3 is 0 Å². The van der Waals surface area contributed by atoms with Crippen molar-refractivity contribution in [3.63, 3.8) is 0 Å². The predicted octanol–water partition coefficient (Wildman–Crippen LogP) is 3.05. The average molecular weight is 887 g/mol. The molecule has 0 unspecified atom stereocenters. The Hall–Kier alpha value is -0.540. The molecule has 44 heavy (non-hydrogen) atoms. The maximum atomic E-state index is 2.58. The quantitative estimate of drug-likeness (QED) is 0.200. The van der Waals surface area contributed by atoms with Crippen LogP contribution in [0.15, 0.2) is 77.1 Å². The molecule has 0 saturated heterocycles. The van der Waals surface area contributed by atoms with Gasteiger partial charge < -0.3 is 57.1 Å². The van der Waals surface area contributed by atoms with Crippen molar-refractivity contribution in [3.8, 4) is 11.1 Å². The second-order valence-corrected chi connectivity index (χ2v) is 16.3. The van der Waals surface area contributed by atoms with Gasteiger partial charge in [-0.25, -0.2) is 9.13 Å². The zero-order chi connectivity index (χ0) is 28.8. The first-order valence-corrected chi connectivity index (χ1v) is 18.6. The largest absolute Gasteiger partial charge is 1.00 e. The molecule has 0 spiro atoms. The van der Waals surface area contributed by atoms with Gasteiger partial charge in [0.1, 0.15) is 13.1 Å². The van der Waals surface area contributed by atoms with Gasteiger partial charge in [-0.3, -0.25) is 0 Å². The van der Waals surface area contributed by atoms with E-state index in [1.807, 2.05) is 47.0 Å². The standard InChI is InChI=1S/C34H40N4S4.2HI/c1-23-29-30-24(2)37(23)17-9-5-7-15-35-19-11-27(12-20-35)28-13-21-36(22-14-28)16-8-6-10-18-38-25(3)31-32(26(38)4)42-34(41-31)33(39-29)40-30;;/h11-14,19-22H,5-10,15-18H2,1-4H3;2*1H/q+2;;/p-2. The van der Waals surface area contributed by atoms with Crippen LogP contribution in [0, 0.1) is 27.7 Å². The van der Waals surface area contributed by atoms with E-state index < -0.39 is 0 Å². The summed E-state index contributed by atoms with van der Waals surface area (Å²) in [5, 5.41) is 0. The smallest absolute Gasteiger partial charge is 0.169 e. The van der Waals surface area contributed by atoms with Crippen LogP contribution in [0.25, 0.3) is 11.1 Å². The second kappa shape index (κ2) is 15.1.